The van der Waals surface area contributed by atoms with Crippen LogP contribution >= 0.6 is 0 Å². The van der Waals surface area contributed by atoms with Crippen LogP contribution in [0.4, 0.5) is 5.69 Å². The molecular formula is C18H21N3O2. The van der Waals surface area contributed by atoms with E-state index in [1.54, 1.807) is 12.4 Å². The summed E-state index contributed by atoms with van der Waals surface area (Å²) in [6.07, 6.45) is 3.38. The second-order valence-corrected chi connectivity index (χ2v) is 5.97. The lowest BCUT2D eigenvalue weighted by Gasteiger charge is -2.31. The Kier molecular flexibility index (Phi) is 4.57. The van der Waals surface area contributed by atoms with Crippen molar-refractivity contribution in [2.24, 2.45) is 11.8 Å². The van der Waals surface area contributed by atoms with Gasteiger partial charge in [-0.1, -0.05) is 6.92 Å². The molecule has 5 heteroatoms. The number of nitrogens with one attached hydrogen (secondary N) is 2. The van der Waals surface area contributed by atoms with Gasteiger partial charge >= 0.3 is 0 Å². The fraction of sp³-hybridized carbons (Fsp3) is 0.333. The van der Waals surface area contributed by atoms with Gasteiger partial charge in [-0.2, -0.15) is 0 Å². The lowest BCUT2D eigenvalue weighted by molar-refractivity contribution is -0.121. The predicted octanol–water partition coefficient (Wildman–Crippen LogP) is 2.98. The maximum absolute atomic E-state index is 12.3. The zero-order chi connectivity index (χ0) is 16.2. The van der Waals surface area contributed by atoms with Gasteiger partial charge in [-0.15, -0.1) is 0 Å². The van der Waals surface area contributed by atoms with E-state index in [4.69, 9.17) is 4.74 Å². The first-order chi connectivity index (χ1) is 11.1. The van der Waals surface area contributed by atoms with Crippen LogP contribution in [-0.2, 0) is 4.79 Å². The predicted molar refractivity (Wildman–Crippen MR) is 89.6 cm³/mol. The maximum Gasteiger partial charge on any atom is 0.227 e. The average molecular weight is 311 g/mol. The van der Waals surface area contributed by atoms with Gasteiger partial charge in [-0.25, -0.2) is 0 Å². The quantitative estimate of drug-likeness (QED) is 0.891. The molecule has 0 bridgehead atoms. The van der Waals surface area contributed by atoms with Gasteiger partial charge in [0.05, 0.1) is 6.20 Å². The van der Waals surface area contributed by atoms with Crippen LogP contribution in [-0.4, -0.2) is 24.0 Å². The standard InChI is InChI=1S/C18H21N3O2/c1-12-8-15(21-18(22)13(2)14-9-20-10-14)5-6-17(12)23-16-4-3-7-19-11-16/h3-8,11,13-14,20H,9-10H2,1-2H3,(H,21,22). The molecule has 1 saturated heterocycles. The van der Waals surface area contributed by atoms with E-state index in [0.29, 0.717) is 11.7 Å². The van der Waals surface area contributed by atoms with Crippen molar-refractivity contribution in [3.8, 4) is 11.5 Å². The number of benzene rings is 1. The number of pyridine rings is 1. The molecule has 2 aromatic rings. The second-order valence-electron chi connectivity index (χ2n) is 5.97. The van der Waals surface area contributed by atoms with Gasteiger partial charge in [0.25, 0.3) is 0 Å². The Balaban J connectivity index is 1.65. The number of anilines is 1. The number of nitrogens with zero attached hydrogens (tertiary/aromatic N) is 1. The number of ether oxygens (including phenoxy) is 1. The largest absolute Gasteiger partial charge is 0.455 e. The summed E-state index contributed by atoms with van der Waals surface area (Å²) in [6.45, 7) is 5.78. The lowest BCUT2D eigenvalue weighted by Crippen LogP contribution is -2.48. The Bertz CT molecular complexity index is 684. The van der Waals surface area contributed by atoms with Crippen LogP contribution in [0.25, 0.3) is 0 Å². The lowest BCUT2D eigenvalue weighted by atomic mass is 9.88. The first-order valence-corrected chi connectivity index (χ1v) is 7.83. The summed E-state index contributed by atoms with van der Waals surface area (Å²) in [5.41, 5.74) is 1.76. The van der Waals surface area contributed by atoms with Crippen molar-refractivity contribution in [1.82, 2.24) is 10.3 Å². The number of hydrogen-bond acceptors (Lipinski definition) is 4. The summed E-state index contributed by atoms with van der Waals surface area (Å²) >= 11 is 0. The molecule has 2 heterocycles. The topological polar surface area (TPSA) is 63.2 Å². The van der Waals surface area contributed by atoms with E-state index < -0.39 is 0 Å². The molecular weight excluding hydrogens is 290 g/mol. The molecule has 1 aliphatic rings. The van der Waals surface area contributed by atoms with Gasteiger partial charge in [-0.3, -0.25) is 9.78 Å². The minimum absolute atomic E-state index is 0.0166. The first kappa shape index (κ1) is 15.5. The molecule has 0 saturated carbocycles. The van der Waals surface area contributed by atoms with Crippen molar-refractivity contribution in [1.29, 1.82) is 0 Å². The Morgan fingerprint density at radius 1 is 1.39 bits per heavy atom. The van der Waals surface area contributed by atoms with Gasteiger partial charge in [-0.05, 0) is 61.8 Å². The van der Waals surface area contributed by atoms with Crippen molar-refractivity contribution in [3.63, 3.8) is 0 Å². The molecule has 120 valence electrons. The summed E-state index contributed by atoms with van der Waals surface area (Å²) in [5.74, 6) is 1.97. The third-order valence-electron chi connectivity index (χ3n) is 4.24. The second kappa shape index (κ2) is 6.79. The van der Waals surface area contributed by atoms with Gasteiger partial charge in [0.15, 0.2) is 0 Å². The van der Waals surface area contributed by atoms with E-state index in [-0.39, 0.29) is 11.8 Å². The van der Waals surface area contributed by atoms with Gasteiger partial charge < -0.3 is 15.4 Å². The van der Waals surface area contributed by atoms with Crippen LogP contribution < -0.4 is 15.4 Å². The molecule has 0 radical (unpaired) electrons. The molecule has 23 heavy (non-hydrogen) atoms. The number of carbonyl (C=O) groups is 1. The summed E-state index contributed by atoms with van der Waals surface area (Å²) < 4.78 is 5.80. The maximum atomic E-state index is 12.3. The number of amides is 1. The van der Waals surface area contributed by atoms with Crippen LogP contribution in [0, 0.1) is 18.8 Å². The molecule has 2 N–H and O–H groups in total. The van der Waals surface area contributed by atoms with E-state index >= 15 is 0 Å². The highest BCUT2D eigenvalue weighted by atomic mass is 16.5. The van der Waals surface area contributed by atoms with E-state index in [1.807, 2.05) is 44.2 Å². The highest BCUT2D eigenvalue weighted by Gasteiger charge is 2.28. The molecule has 1 fully saturated rings. The molecule has 0 spiro atoms. The number of rotatable bonds is 5. The van der Waals surface area contributed by atoms with Crippen molar-refractivity contribution < 1.29 is 9.53 Å². The molecule has 1 atom stereocenters. The molecule has 3 rings (SSSR count). The van der Waals surface area contributed by atoms with E-state index in [1.165, 1.54) is 0 Å². The SMILES string of the molecule is Cc1cc(NC(=O)C(C)C2CNC2)ccc1Oc1cccnc1. The third-order valence-corrected chi connectivity index (χ3v) is 4.24. The highest BCUT2D eigenvalue weighted by Crippen LogP contribution is 2.27. The van der Waals surface area contributed by atoms with Crippen LogP contribution in [0.1, 0.15) is 12.5 Å². The molecule has 1 aromatic heterocycles. The first-order valence-electron chi connectivity index (χ1n) is 7.83. The molecule has 0 aliphatic carbocycles. The normalized spacial score (nSPS) is 15.6. The van der Waals surface area contributed by atoms with Crippen LogP contribution in [0.3, 0.4) is 0 Å². The minimum atomic E-state index is 0.0166. The summed E-state index contributed by atoms with van der Waals surface area (Å²) in [7, 11) is 0. The fourth-order valence-corrected chi connectivity index (χ4v) is 2.51. The highest BCUT2D eigenvalue weighted by molar-refractivity contribution is 5.92. The fourth-order valence-electron chi connectivity index (χ4n) is 2.51. The smallest absolute Gasteiger partial charge is 0.227 e. The Labute approximate surface area is 136 Å². The Morgan fingerprint density at radius 3 is 2.83 bits per heavy atom. The zero-order valence-corrected chi connectivity index (χ0v) is 13.4. The van der Waals surface area contributed by atoms with Crippen molar-refractivity contribution in [3.05, 3.63) is 48.3 Å². The van der Waals surface area contributed by atoms with Gasteiger partial charge in [0.1, 0.15) is 11.5 Å². The van der Waals surface area contributed by atoms with E-state index in [2.05, 4.69) is 15.6 Å². The molecule has 1 aliphatic heterocycles. The Hall–Kier alpha value is -2.40. The molecule has 1 amide bonds. The number of carbonyl (C=O) groups excluding carboxylic acids is 1. The van der Waals surface area contributed by atoms with Crippen molar-refractivity contribution in [2.45, 2.75) is 13.8 Å². The van der Waals surface area contributed by atoms with Crippen LogP contribution in [0.2, 0.25) is 0 Å². The van der Waals surface area contributed by atoms with Crippen LogP contribution in [0.15, 0.2) is 42.7 Å². The zero-order valence-electron chi connectivity index (χ0n) is 13.4. The molecule has 1 unspecified atom stereocenters. The van der Waals surface area contributed by atoms with E-state index in [9.17, 15) is 4.79 Å². The summed E-state index contributed by atoms with van der Waals surface area (Å²) in [5, 5.41) is 6.19. The number of aryl methyl sites for hydroxylation is 1. The van der Waals surface area contributed by atoms with Crippen molar-refractivity contribution in [2.75, 3.05) is 18.4 Å². The van der Waals surface area contributed by atoms with Gasteiger partial charge in [0.2, 0.25) is 5.91 Å². The minimum Gasteiger partial charge on any atom is -0.455 e. The van der Waals surface area contributed by atoms with Crippen LogP contribution in [0.5, 0.6) is 11.5 Å². The molecule has 5 nitrogen and oxygen atoms in total. The summed E-state index contributed by atoms with van der Waals surface area (Å²) in [4.78, 5) is 16.3. The van der Waals surface area contributed by atoms with E-state index in [0.717, 1.165) is 30.1 Å². The number of aromatic nitrogens is 1. The van der Waals surface area contributed by atoms with Crippen molar-refractivity contribution >= 4 is 11.6 Å². The average Bonchev–Trinajstić information content (AvgIpc) is 2.49. The van der Waals surface area contributed by atoms with Gasteiger partial charge in [0, 0.05) is 17.8 Å². The monoisotopic (exact) mass is 311 g/mol. The third kappa shape index (κ3) is 3.68. The number of hydrogen-bond donors (Lipinski definition) is 2. The summed E-state index contributed by atoms with van der Waals surface area (Å²) in [6, 6.07) is 9.34. The molecule has 1 aromatic carbocycles. The Morgan fingerprint density at radius 2 is 2.22 bits per heavy atom.